The van der Waals surface area contributed by atoms with Gasteiger partial charge in [-0.2, -0.15) is 8.42 Å². The predicted octanol–water partition coefficient (Wildman–Crippen LogP) is 2.64. The molecule has 2 N–H and O–H groups in total. The van der Waals surface area contributed by atoms with Gasteiger partial charge in [0.15, 0.2) is 0 Å². The van der Waals surface area contributed by atoms with Gasteiger partial charge in [0.1, 0.15) is 0 Å². The molecule has 0 aromatic heterocycles. The molecule has 0 saturated carbocycles. The first-order valence-corrected chi connectivity index (χ1v) is 7.76. The summed E-state index contributed by atoms with van der Waals surface area (Å²) in [5.74, 6) is -1.18. The summed E-state index contributed by atoms with van der Waals surface area (Å²) in [5.41, 5.74) is 1.23. The van der Waals surface area contributed by atoms with Gasteiger partial charge < -0.3 is 5.11 Å². The Hall–Kier alpha value is -0.880. The zero-order valence-corrected chi connectivity index (χ0v) is 11.8. The van der Waals surface area contributed by atoms with Crippen LogP contribution in [0.5, 0.6) is 0 Å². The van der Waals surface area contributed by atoms with Gasteiger partial charge in [-0.05, 0) is 39.0 Å². The maximum absolute atomic E-state index is 10.9. The molecule has 0 saturated heterocycles. The highest BCUT2D eigenvalue weighted by molar-refractivity contribution is 7.85. The van der Waals surface area contributed by atoms with E-state index in [0.29, 0.717) is 24.8 Å². The van der Waals surface area contributed by atoms with Crippen molar-refractivity contribution in [3.63, 3.8) is 0 Å². The Morgan fingerprint density at radius 2 is 1.67 bits per heavy atom. The number of carbonyl (C=O) groups is 1. The van der Waals surface area contributed by atoms with Crippen LogP contribution in [0.4, 0.5) is 0 Å². The van der Waals surface area contributed by atoms with E-state index in [-0.39, 0.29) is 5.75 Å². The quantitative estimate of drug-likeness (QED) is 0.384. The van der Waals surface area contributed by atoms with Gasteiger partial charge in [-0.3, -0.25) is 4.55 Å². The average Bonchev–Trinajstić information content (AvgIpc) is 2.25. The standard InChI is InChI=1S/C12H22O5S/c1-3-4-7-11(10(2)12(13)14)8-5-6-9-18(15,16)17/h3-9H2,1-2H3,(H,13,14)(H,15,16,17). The Morgan fingerprint density at radius 3 is 2.11 bits per heavy atom. The molecule has 0 radical (unpaired) electrons. The Labute approximate surface area is 109 Å². The van der Waals surface area contributed by atoms with Crippen molar-refractivity contribution < 1.29 is 22.9 Å². The first-order chi connectivity index (χ1) is 8.28. The van der Waals surface area contributed by atoms with Gasteiger partial charge in [-0.25, -0.2) is 4.79 Å². The van der Waals surface area contributed by atoms with Crippen LogP contribution >= 0.6 is 0 Å². The van der Waals surface area contributed by atoms with Gasteiger partial charge in [0, 0.05) is 5.57 Å². The number of unbranched alkanes of at least 4 members (excludes halogenated alkanes) is 2. The molecular formula is C12H22O5S. The minimum absolute atomic E-state index is 0.264. The van der Waals surface area contributed by atoms with Gasteiger partial charge >= 0.3 is 5.97 Å². The lowest BCUT2D eigenvalue weighted by Gasteiger charge is -2.09. The zero-order chi connectivity index (χ0) is 14.2. The maximum Gasteiger partial charge on any atom is 0.331 e. The van der Waals surface area contributed by atoms with E-state index in [1.165, 1.54) is 0 Å². The van der Waals surface area contributed by atoms with Crippen LogP contribution in [-0.4, -0.2) is 29.8 Å². The van der Waals surface area contributed by atoms with Gasteiger partial charge in [0.05, 0.1) is 5.75 Å². The maximum atomic E-state index is 10.9. The molecule has 0 amide bonds. The highest BCUT2D eigenvalue weighted by atomic mass is 32.2. The predicted molar refractivity (Wildman–Crippen MR) is 70.1 cm³/mol. The zero-order valence-electron chi connectivity index (χ0n) is 11.0. The molecule has 0 atom stereocenters. The molecule has 0 rings (SSSR count). The highest BCUT2D eigenvalue weighted by Crippen LogP contribution is 2.19. The minimum Gasteiger partial charge on any atom is -0.478 e. The van der Waals surface area contributed by atoms with E-state index < -0.39 is 16.1 Å². The van der Waals surface area contributed by atoms with Crippen LogP contribution in [0.1, 0.15) is 52.4 Å². The van der Waals surface area contributed by atoms with Crippen molar-refractivity contribution in [2.45, 2.75) is 52.4 Å². The van der Waals surface area contributed by atoms with Crippen molar-refractivity contribution in [2.75, 3.05) is 5.75 Å². The highest BCUT2D eigenvalue weighted by Gasteiger charge is 2.10. The van der Waals surface area contributed by atoms with E-state index >= 15 is 0 Å². The van der Waals surface area contributed by atoms with E-state index in [9.17, 15) is 13.2 Å². The Bertz CT molecular complexity index is 395. The smallest absolute Gasteiger partial charge is 0.331 e. The van der Waals surface area contributed by atoms with Crippen molar-refractivity contribution in [3.8, 4) is 0 Å². The number of aliphatic carboxylic acids is 1. The third-order valence-electron chi connectivity index (χ3n) is 2.81. The Kier molecular flexibility index (Phi) is 7.86. The number of carboxylic acids is 1. The Balaban J connectivity index is 4.35. The van der Waals surface area contributed by atoms with E-state index in [2.05, 4.69) is 0 Å². The molecule has 5 nitrogen and oxygen atoms in total. The number of rotatable bonds is 9. The number of hydrogen-bond acceptors (Lipinski definition) is 3. The summed E-state index contributed by atoms with van der Waals surface area (Å²) >= 11 is 0. The average molecular weight is 278 g/mol. The molecular weight excluding hydrogens is 256 g/mol. The molecule has 0 unspecified atom stereocenters. The number of hydrogen-bond donors (Lipinski definition) is 2. The van der Waals surface area contributed by atoms with Gasteiger partial charge in [-0.1, -0.05) is 18.9 Å². The second kappa shape index (κ2) is 8.26. The van der Waals surface area contributed by atoms with Crippen LogP contribution in [0, 0.1) is 0 Å². The Morgan fingerprint density at radius 1 is 1.11 bits per heavy atom. The van der Waals surface area contributed by atoms with E-state index in [4.69, 9.17) is 9.66 Å². The molecule has 0 fully saturated rings. The molecule has 0 spiro atoms. The van der Waals surface area contributed by atoms with Crippen LogP contribution in [-0.2, 0) is 14.9 Å². The summed E-state index contributed by atoms with van der Waals surface area (Å²) in [4.78, 5) is 10.9. The van der Waals surface area contributed by atoms with Crippen molar-refractivity contribution >= 4 is 16.1 Å². The summed E-state index contributed by atoms with van der Waals surface area (Å²) in [6.07, 6.45) is 4.15. The van der Waals surface area contributed by atoms with E-state index in [0.717, 1.165) is 24.8 Å². The summed E-state index contributed by atoms with van der Waals surface area (Å²) < 4.78 is 29.7. The molecule has 0 aliphatic carbocycles. The van der Waals surface area contributed by atoms with Crippen LogP contribution in [0.2, 0.25) is 0 Å². The second-order valence-corrected chi connectivity index (χ2v) is 5.95. The van der Waals surface area contributed by atoms with Crippen molar-refractivity contribution in [2.24, 2.45) is 0 Å². The third-order valence-corrected chi connectivity index (χ3v) is 3.62. The second-order valence-electron chi connectivity index (χ2n) is 4.38. The largest absolute Gasteiger partial charge is 0.478 e. The molecule has 0 bridgehead atoms. The fraction of sp³-hybridized carbons (Fsp3) is 0.750. The third kappa shape index (κ3) is 8.25. The van der Waals surface area contributed by atoms with Gasteiger partial charge in [0.25, 0.3) is 10.1 Å². The topological polar surface area (TPSA) is 91.7 Å². The fourth-order valence-corrected chi connectivity index (χ4v) is 2.23. The lowest BCUT2D eigenvalue weighted by atomic mass is 9.98. The van der Waals surface area contributed by atoms with Crippen molar-refractivity contribution in [1.29, 1.82) is 0 Å². The molecule has 0 aromatic rings. The normalized spacial score (nSPS) is 13.3. The van der Waals surface area contributed by atoms with Crippen molar-refractivity contribution in [1.82, 2.24) is 0 Å². The SMILES string of the molecule is CCCCC(CCCCS(=O)(=O)O)=C(C)C(=O)O. The molecule has 0 aliphatic heterocycles. The van der Waals surface area contributed by atoms with E-state index in [1.807, 2.05) is 6.92 Å². The number of carboxylic acid groups (broad SMARTS) is 1. The van der Waals surface area contributed by atoms with Crippen LogP contribution in [0.25, 0.3) is 0 Å². The number of allylic oxidation sites excluding steroid dienone is 1. The summed E-state index contributed by atoms with van der Waals surface area (Å²) in [6, 6.07) is 0. The van der Waals surface area contributed by atoms with Crippen LogP contribution in [0.15, 0.2) is 11.1 Å². The summed E-state index contributed by atoms with van der Waals surface area (Å²) in [7, 11) is -3.91. The summed E-state index contributed by atoms with van der Waals surface area (Å²) in [6.45, 7) is 3.61. The first kappa shape index (κ1) is 17.1. The van der Waals surface area contributed by atoms with E-state index in [1.54, 1.807) is 6.92 Å². The van der Waals surface area contributed by atoms with Crippen LogP contribution in [0.3, 0.4) is 0 Å². The lowest BCUT2D eigenvalue weighted by molar-refractivity contribution is -0.132. The molecule has 18 heavy (non-hydrogen) atoms. The fourth-order valence-electron chi connectivity index (χ4n) is 1.66. The molecule has 6 heteroatoms. The molecule has 0 aliphatic rings. The lowest BCUT2D eigenvalue weighted by Crippen LogP contribution is -2.05. The van der Waals surface area contributed by atoms with Gasteiger partial charge in [-0.15, -0.1) is 0 Å². The first-order valence-electron chi connectivity index (χ1n) is 6.15. The molecule has 106 valence electrons. The van der Waals surface area contributed by atoms with Crippen LogP contribution < -0.4 is 0 Å². The van der Waals surface area contributed by atoms with Crippen molar-refractivity contribution in [3.05, 3.63) is 11.1 Å². The molecule has 0 aromatic carbocycles. The molecule has 0 heterocycles. The monoisotopic (exact) mass is 278 g/mol. The van der Waals surface area contributed by atoms with Gasteiger partial charge in [0.2, 0.25) is 0 Å². The minimum atomic E-state index is -3.91. The summed E-state index contributed by atoms with van der Waals surface area (Å²) in [5, 5.41) is 8.94.